The molecular weight excluding hydrogens is 520 g/mol. The fourth-order valence-corrected chi connectivity index (χ4v) is 7.98. The molecule has 4 bridgehead atoms. The van der Waals surface area contributed by atoms with E-state index in [2.05, 4.69) is 13.8 Å². The van der Waals surface area contributed by atoms with Gasteiger partial charge in [-0.05, 0) is 67.4 Å². The lowest BCUT2D eigenvalue weighted by molar-refractivity contribution is -0.190. The van der Waals surface area contributed by atoms with Crippen molar-refractivity contribution in [2.45, 2.75) is 115 Å². The van der Waals surface area contributed by atoms with Gasteiger partial charge in [0.2, 0.25) is 5.78 Å². The maximum Gasteiger partial charge on any atom is 0.205 e. The summed E-state index contributed by atoms with van der Waals surface area (Å²) in [5.74, 6) is -0.197. The smallest absolute Gasteiger partial charge is 0.205 e. The van der Waals surface area contributed by atoms with E-state index in [1.807, 2.05) is 60.6 Å². The molecule has 1 N–H and O–H groups in total. The van der Waals surface area contributed by atoms with E-state index in [4.69, 9.17) is 18.9 Å². The number of carbonyl (C=O) groups excluding carboxylic acids is 2. The molecule has 7 nitrogen and oxygen atoms in total. The lowest BCUT2D eigenvalue weighted by Gasteiger charge is -2.59. The number of allylic oxidation sites excluding steroid dienone is 3. The summed E-state index contributed by atoms with van der Waals surface area (Å²) in [5, 5.41) is 11.8. The van der Waals surface area contributed by atoms with Crippen LogP contribution in [0.3, 0.4) is 0 Å². The van der Waals surface area contributed by atoms with Crippen molar-refractivity contribution in [2.24, 2.45) is 5.92 Å². The summed E-state index contributed by atoms with van der Waals surface area (Å²) >= 11 is 0. The van der Waals surface area contributed by atoms with E-state index >= 15 is 0 Å². The van der Waals surface area contributed by atoms with Crippen LogP contribution in [0.4, 0.5) is 0 Å². The van der Waals surface area contributed by atoms with Gasteiger partial charge in [-0.2, -0.15) is 0 Å². The molecule has 1 aromatic carbocycles. The number of phenolic OH excluding ortho intramolecular Hbond substituents is 1. The summed E-state index contributed by atoms with van der Waals surface area (Å²) in [6.07, 6.45) is 6.41. The largest absolute Gasteiger partial charge is 0.507 e. The predicted molar refractivity (Wildman–Crippen MR) is 155 cm³/mol. The highest BCUT2D eigenvalue weighted by Crippen LogP contribution is 2.70. The van der Waals surface area contributed by atoms with Gasteiger partial charge in [-0.25, -0.2) is 0 Å². The van der Waals surface area contributed by atoms with E-state index in [0.717, 1.165) is 16.7 Å². The average molecular weight is 563 g/mol. The minimum absolute atomic E-state index is 0.129. The number of Topliss-reactive ketones (excluding diaryl/α,β-unsaturated/α-hetero) is 2. The van der Waals surface area contributed by atoms with Gasteiger partial charge in [0, 0.05) is 41.6 Å². The number of ether oxygens (including phenoxy) is 4. The van der Waals surface area contributed by atoms with E-state index in [1.54, 1.807) is 6.08 Å². The Morgan fingerprint density at radius 3 is 2.34 bits per heavy atom. The number of ketones is 2. The minimum atomic E-state index is -1.48. The monoisotopic (exact) mass is 562 g/mol. The third kappa shape index (κ3) is 3.22. The molecule has 6 aliphatic rings. The SMILES string of the molecule is CO[C@]12C=C3C(=O)c4c(O)c(CC=C(C)C)c5c(c4O[C@]34[C@H](C1)C(C)(C)O[C@]4(CC=C(C)C)C2=O)C(C)(C)[C@@H](C)O5. The number of hydrogen-bond acceptors (Lipinski definition) is 7. The standard InChI is InChI=1S/C34H42O7/c1-17(2)11-12-20-25(35)23-26(36)21-15-32(38-10)16-22-31(8,9)41-33(29(32)37,14-13-18(3)4)34(21,22)40-28(23)24-27(20)39-19(5)30(24,6)7/h11,13,15,19,22,35H,12,14,16H2,1-10H3/t19-,22-,32-,33-,34+/m1/s1. The zero-order chi connectivity index (χ0) is 30.1. The number of rotatable bonds is 5. The molecule has 1 aromatic rings. The van der Waals surface area contributed by atoms with Crippen LogP contribution in [-0.4, -0.2) is 52.3 Å². The van der Waals surface area contributed by atoms with Gasteiger partial charge < -0.3 is 24.1 Å². The maximum atomic E-state index is 14.8. The van der Waals surface area contributed by atoms with Crippen molar-refractivity contribution in [2.75, 3.05) is 7.11 Å². The van der Waals surface area contributed by atoms with Crippen LogP contribution in [0.2, 0.25) is 0 Å². The molecule has 2 fully saturated rings. The molecule has 3 aliphatic heterocycles. The molecule has 1 saturated heterocycles. The molecule has 7 rings (SSSR count). The summed E-state index contributed by atoms with van der Waals surface area (Å²) < 4.78 is 26.4. The predicted octanol–water partition coefficient (Wildman–Crippen LogP) is 6.09. The second kappa shape index (κ2) is 8.35. The van der Waals surface area contributed by atoms with Gasteiger partial charge in [-0.1, -0.05) is 37.1 Å². The van der Waals surface area contributed by atoms with Crippen molar-refractivity contribution >= 4 is 11.6 Å². The highest BCUT2D eigenvalue weighted by Gasteiger charge is 2.84. The quantitative estimate of drug-likeness (QED) is 0.434. The molecule has 5 atom stereocenters. The second-order valence-electron chi connectivity index (χ2n) is 14.1. The van der Waals surface area contributed by atoms with Crippen LogP contribution in [0.15, 0.2) is 34.9 Å². The summed E-state index contributed by atoms with van der Waals surface area (Å²) in [6, 6.07) is 0. The maximum absolute atomic E-state index is 14.8. The third-order valence-electron chi connectivity index (χ3n) is 10.4. The van der Waals surface area contributed by atoms with Crippen molar-refractivity contribution < 1.29 is 33.6 Å². The van der Waals surface area contributed by atoms with Gasteiger partial charge in [0.1, 0.15) is 34.5 Å². The Kier molecular flexibility index (Phi) is 5.75. The van der Waals surface area contributed by atoms with Crippen LogP contribution in [0.1, 0.15) is 96.6 Å². The van der Waals surface area contributed by atoms with Gasteiger partial charge in [0.15, 0.2) is 17.0 Å². The van der Waals surface area contributed by atoms with E-state index in [9.17, 15) is 14.7 Å². The lowest BCUT2D eigenvalue weighted by Crippen LogP contribution is -2.77. The first-order chi connectivity index (χ1) is 19.0. The zero-order valence-corrected chi connectivity index (χ0v) is 25.9. The van der Waals surface area contributed by atoms with E-state index in [0.29, 0.717) is 35.5 Å². The van der Waals surface area contributed by atoms with Gasteiger partial charge >= 0.3 is 0 Å². The number of carbonyl (C=O) groups is 2. The van der Waals surface area contributed by atoms with E-state index in [1.165, 1.54) is 7.11 Å². The number of hydrogen-bond donors (Lipinski definition) is 1. The first-order valence-electron chi connectivity index (χ1n) is 14.6. The van der Waals surface area contributed by atoms with E-state index in [-0.39, 0.29) is 41.3 Å². The molecule has 3 aliphatic carbocycles. The number of aromatic hydroxyl groups is 1. The van der Waals surface area contributed by atoms with Crippen LogP contribution >= 0.6 is 0 Å². The van der Waals surface area contributed by atoms with Gasteiger partial charge in [0.25, 0.3) is 0 Å². The van der Waals surface area contributed by atoms with Crippen LogP contribution in [0, 0.1) is 5.92 Å². The molecule has 1 saturated carbocycles. The molecule has 0 unspecified atom stereocenters. The van der Waals surface area contributed by atoms with Crippen molar-refractivity contribution in [3.63, 3.8) is 0 Å². The minimum Gasteiger partial charge on any atom is -0.507 e. The Morgan fingerprint density at radius 2 is 1.73 bits per heavy atom. The van der Waals surface area contributed by atoms with Crippen LogP contribution < -0.4 is 9.47 Å². The Morgan fingerprint density at radius 1 is 1.07 bits per heavy atom. The van der Waals surface area contributed by atoms with Gasteiger partial charge in [-0.15, -0.1) is 0 Å². The molecule has 7 heteroatoms. The first-order valence-corrected chi connectivity index (χ1v) is 14.6. The number of methoxy groups -OCH3 is 1. The summed E-state index contributed by atoms with van der Waals surface area (Å²) in [4.78, 5) is 29.4. The van der Waals surface area contributed by atoms with Crippen LogP contribution in [-0.2, 0) is 26.1 Å². The lowest BCUT2D eigenvalue weighted by atomic mass is 9.49. The number of fused-ring (bicyclic) bond motifs is 3. The molecule has 41 heavy (non-hydrogen) atoms. The normalized spacial score (nSPS) is 34.6. The molecule has 3 heterocycles. The summed E-state index contributed by atoms with van der Waals surface area (Å²) in [6.45, 7) is 18.0. The van der Waals surface area contributed by atoms with Crippen molar-refractivity contribution in [3.8, 4) is 17.2 Å². The molecule has 0 radical (unpaired) electrons. The van der Waals surface area contributed by atoms with Crippen LogP contribution in [0.5, 0.6) is 17.2 Å². The summed E-state index contributed by atoms with van der Waals surface area (Å²) in [5.41, 5.74) is -1.60. The van der Waals surface area contributed by atoms with Crippen molar-refractivity contribution in [1.29, 1.82) is 0 Å². The number of benzene rings is 1. The third-order valence-corrected chi connectivity index (χ3v) is 10.4. The van der Waals surface area contributed by atoms with Gasteiger partial charge in [0.05, 0.1) is 5.60 Å². The molecule has 1 spiro atoms. The van der Waals surface area contributed by atoms with Crippen LogP contribution in [0.25, 0.3) is 0 Å². The first kappa shape index (κ1) is 28.2. The Hall–Kier alpha value is -2.90. The summed E-state index contributed by atoms with van der Waals surface area (Å²) in [7, 11) is 1.51. The highest BCUT2D eigenvalue weighted by atomic mass is 16.6. The van der Waals surface area contributed by atoms with Crippen molar-refractivity contribution in [1.82, 2.24) is 0 Å². The van der Waals surface area contributed by atoms with Crippen molar-refractivity contribution in [3.05, 3.63) is 51.6 Å². The Balaban J connectivity index is 1.71. The number of phenols is 1. The molecule has 0 amide bonds. The highest BCUT2D eigenvalue weighted by molar-refractivity contribution is 6.20. The Bertz CT molecular complexity index is 1500. The second-order valence-corrected chi connectivity index (χ2v) is 14.1. The molecule has 220 valence electrons. The molecule has 0 aromatic heterocycles. The van der Waals surface area contributed by atoms with E-state index < -0.39 is 27.8 Å². The fraction of sp³-hybridized carbons (Fsp3) is 0.588. The average Bonchev–Trinajstić information content (AvgIpc) is 3.21. The van der Waals surface area contributed by atoms with Gasteiger partial charge in [-0.3, -0.25) is 9.59 Å². The Labute approximate surface area is 242 Å². The topological polar surface area (TPSA) is 91.3 Å². The zero-order valence-electron chi connectivity index (χ0n) is 25.9. The molecular formula is C34H42O7. The fourth-order valence-electron chi connectivity index (χ4n) is 7.98.